The van der Waals surface area contributed by atoms with Gasteiger partial charge < -0.3 is 11.1 Å². The number of anilines is 1. The number of nitrogens with two attached hydrogens (primary N) is 1. The largest absolute Gasteiger partial charge is 0.380 e. The Labute approximate surface area is 79.9 Å². The van der Waals surface area contributed by atoms with E-state index in [0.717, 1.165) is 0 Å². The summed E-state index contributed by atoms with van der Waals surface area (Å²) in [6.07, 6.45) is 0.594. The molecular weight excluding hydrogens is 193 g/mol. The molecule has 3 N–H and O–H groups in total. The van der Waals surface area contributed by atoms with E-state index in [4.69, 9.17) is 5.73 Å². The zero-order valence-corrected chi connectivity index (χ0v) is 7.49. The fourth-order valence-corrected chi connectivity index (χ4v) is 1.03. The first kappa shape index (κ1) is 10.8. The standard InChI is InChI=1S/C9H11F3N2/c10-6-4-7(11)9(8(12)5-6)14-3-1-2-13/h4-5,14H,1-3,13H2. The van der Waals surface area contributed by atoms with Crippen molar-refractivity contribution < 1.29 is 13.2 Å². The van der Waals surface area contributed by atoms with Crippen molar-refractivity contribution in [1.29, 1.82) is 0 Å². The molecule has 14 heavy (non-hydrogen) atoms. The molecule has 1 rings (SSSR count). The summed E-state index contributed by atoms with van der Waals surface area (Å²) in [6.45, 7) is 0.785. The fourth-order valence-electron chi connectivity index (χ4n) is 1.03. The number of hydrogen-bond donors (Lipinski definition) is 2. The summed E-state index contributed by atoms with van der Waals surface area (Å²) in [4.78, 5) is 0. The van der Waals surface area contributed by atoms with Crippen molar-refractivity contribution in [2.75, 3.05) is 18.4 Å². The average molecular weight is 204 g/mol. The maximum atomic E-state index is 13.0. The van der Waals surface area contributed by atoms with E-state index >= 15 is 0 Å². The average Bonchev–Trinajstić information content (AvgIpc) is 2.09. The monoisotopic (exact) mass is 204 g/mol. The van der Waals surface area contributed by atoms with Crippen LogP contribution in [0, 0.1) is 17.5 Å². The smallest absolute Gasteiger partial charge is 0.152 e. The topological polar surface area (TPSA) is 38.0 Å². The predicted molar refractivity (Wildman–Crippen MR) is 48.5 cm³/mol. The Morgan fingerprint density at radius 3 is 2.21 bits per heavy atom. The number of benzene rings is 1. The van der Waals surface area contributed by atoms with E-state index in [2.05, 4.69) is 5.32 Å². The summed E-state index contributed by atoms with van der Waals surface area (Å²) in [5.41, 5.74) is 4.90. The van der Waals surface area contributed by atoms with Crippen molar-refractivity contribution in [3.05, 3.63) is 29.6 Å². The summed E-state index contributed by atoms with van der Waals surface area (Å²) in [7, 11) is 0. The molecule has 0 atom stereocenters. The molecule has 0 aliphatic heterocycles. The van der Waals surface area contributed by atoms with Crippen LogP contribution in [0.25, 0.3) is 0 Å². The normalized spacial score (nSPS) is 10.3. The molecule has 2 nitrogen and oxygen atoms in total. The molecule has 0 aliphatic carbocycles. The molecule has 5 heteroatoms. The Kier molecular flexibility index (Phi) is 3.76. The van der Waals surface area contributed by atoms with Gasteiger partial charge in [0.1, 0.15) is 11.5 Å². The molecule has 1 aromatic rings. The van der Waals surface area contributed by atoms with Crippen molar-refractivity contribution in [1.82, 2.24) is 0 Å². The maximum Gasteiger partial charge on any atom is 0.152 e. The lowest BCUT2D eigenvalue weighted by Crippen LogP contribution is -2.10. The van der Waals surface area contributed by atoms with Gasteiger partial charge >= 0.3 is 0 Å². The summed E-state index contributed by atoms with van der Waals surface area (Å²) in [5, 5.41) is 2.51. The lowest BCUT2D eigenvalue weighted by atomic mass is 10.2. The van der Waals surface area contributed by atoms with Gasteiger partial charge in [0.2, 0.25) is 0 Å². The minimum atomic E-state index is -0.931. The lowest BCUT2D eigenvalue weighted by molar-refractivity contribution is 0.547. The van der Waals surface area contributed by atoms with Crippen LogP contribution in [0.2, 0.25) is 0 Å². The highest BCUT2D eigenvalue weighted by Gasteiger charge is 2.10. The molecule has 0 radical (unpaired) electrons. The Bertz CT molecular complexity index is 292. The van der Waals surface area contributed by atoms with Crippen molar-refractivity contribution in [3.8, 4) is 0 Å². The van der Waals surface area contributed by atoms with E-state index in [1.807, 2.05) is 0 Å². The van der Waals surface area contributed by atoms with Crippen molar-refractivity contribution in [2.45, 2.75) is 6.42 Å². The summed E-state index contributed by atoms with van der Waals surface area (Å²) < 4.78 is 38.4. The van der Waals surface area contributed by atoms with Crippen molar-refractivity contribution in [3.63, 3.8) is 0 Å². The van der Waals surface area contributed by atoms with Crippen molar-refractivity contribution >= 4 is 5.69 Å². The van der Waals surface area contributed by atoms with Crippen LogP contribution in [0.1, 0.15) is 6.42 Å². The molecule has 0 saturated carbocycles. The van der Waals surface area contributed by atoms with Crippen LogP contribution >= 0.6 is 0 Å². The van der Waals surface area contributed by atoms with E-state index in [1.165, 1.54) is 0 Å². The molecular formula is C9H11F3N2. The maximum absolute atomic E-state index is 13.0. The molecule has 0 spiro atoms. The van der Waals surface area contributed by atoms with Crippen LogP contribution in [-0.2, 0) is 0 Å². The second kappa shape index (κ2) is 4.85. The van der Waals surface area contributed by atoms with E-state index in [1.54, 1.807) is 0 Å². The summed E-state index contributed by atoms with van der Waals surface area (Å²) in [5.74, 6) is -2.79. The SMILES string of the molecule is NCCCNc1c(F)cc(F)cc1F. The van der Waals surface area contributed by atoms with Crippen molar-refractivity contribution in [2.24, 2.45) is 5.73 Å². The highest BCUT2D eigenvalue weighted by molar-refractivity contribution is 5.46. The summed E-state index contributed by atoms with van der Waals surface area (Å²) >= 11 is 0. The highest BCUT2D eigenvalue weighted by atomic mass is 19.1. The molecule has 0 amide bonds. The van der Waals surface area contributed by atoms with E-state index in [9.17, 15) is 13.2 Å². The quantitative estimate of drug-likeness (QED) is 0.735. The van der Waals surface area contributed by atoms with Gasteiger partial charge in [0.25, 0.3) is 0 Å². The van der Waals surface area contributed by atoms with Crippen LogP contribution in [0.5, 0.6) is 0 Å². The first-order chi connectivity index (χ1) is 6.65. The van der Waals surface area contributed by atoms with Gasteiger partial charge in [-0.3, -0.25) is 0 Å². The molecule has 0 aliphatic rings. The minimum Gasteiger partial charge on any atom is -0.380 e. The Morgan fingerprint density at radius 2 is 1.71 bits per heavy atom. The van der Waals surface area contributed by atoms with Gasteiger partial charge in [0.15, 0.2) is 11.6 Å². The van der Waals surface area contributed by atoms with Crippen LogP contribution < -0.4 is 11.1 Å². The molecule has 0 unspecified atom stereocenters. The van der Waals surface area contributed by atoms with Gasteiger partial charge in [-0.05, 0) is 13.0 Å². The molecule has 0 saturated heterocycles. The van der Waals surface area contributed by atoms with Crippen LogP contribution in [-0.4, -0.2) is 13.1 Å². The predicted octanol–water partition coefficient (Wildman–Crippen LogP) is 1.86. The number of rotatable bonds is 4. The van der Waals surface area contributed by atoms with Gasteiger partial charge in [-0.15, -0.1) is 0 Å². The summed E-state index contributed by atoms with van der Waals surface area (Å²) in [6, 6.07) is 1.27. The Morgan fingerprint density at radius 1 is 1.14 bits per heavy atom. The van der Waals surface area contributed by atoms with Gasteiger partial charge in [0, 0.05) is 18.7 Å². The Balaban J connectivity index is 2.75. The van der Waals surface area contributed by atoms with Crippen LogP contribution in [0.3, 0.4) is 0 Å². The fraction of sp³-hybridized carbons (Fsp3) is 0.333. The highest BCUT2D eigenvalue weighted by Crippen LogP contribution is 2.19. The van der Waals surface area contributed by atoms with E-state index < -0.39 is 17.5 Å². The molecule has 0 heterocycles. The number of halogens is 3. The lowest BCUT2D eigenvalue weighted by Gasteiger charge is -2.07. The van der Waals surface area contributed by atoms with Gasteiger partial charge in [-0.2, -0.15) is 0 Å². The molecule has 0 bridgehead atoms. The van der Waals surface area contributed by atoms with Crippen LogP contribution in [0.15, 0.2) is 12.1 Å². The first-order valence-corrected chi connectivity index (χ1v) is 4.23. The van der Waals surface area contributed by atoms with Crippen LogP contribution in [0.4, 0.5) is 18.9 Å². The first-order valence-electron chi connectivity index (χ1n) is 4.23. The van der Waals surface area contributed by atoms with Gasteiger partial charge in [0.05, 0.1) is 0 Å². The zero-order valence-electron chi connectivity index (χ0n) is 7.49. The number of nitrogens with one attached hydrogen (secondary N) is 1. The van der Waals surface area contributed by atoms with Gasteiger partial charge in [-0.25, -0.2) is 13.2 Å². The third-order valence-electron chi connectivity index (χ3n) is 1.69. The number of hydrogen-bond acceptors (Lipinski definition) is 2. The second-order valence-electron chi connectivity index (χ2n) is 2.81. The Hall–Kier alpha value is -1.23. The van der Waals surface area contributed by atoms with Gasteiger partial charge in [-0.1, -0.05) is 0 Å². The van der Waals surface area contributed by atoms with E-state index in [0.29, 0.717) is 31.6 Å². The molecule has 0 aromatic heterocycles. The van der Waals surface area contributed by atoms with E-state index in [-0.39, 0.29) is 5.69 Å². The third-order valence-corrected chi connectivity index (χ3v) is 1.69. The zero-order chi connectivity index (χ0) is 10.6. The minimum absolute atomic E-state index is 0.306. The third kappa shape index (κ3) is 2.63. The molecule has 0 fully saturated rings. The second-order valence-corrected chi connectivity index (χ2v) is 2.81. The molecule has 1 aromatic carbocycles. The molecule has 78 valence electrons.